The lowest BCUT2D eigenvalue weighted by atomic mass is 10.2. The first-order chi connectivity index (χ1) is 9.06. The lowest BCUT2D eigenvalue weighted by Gasteiger charge is -2.28. The van der Waals surface area contributed by atoms with Crippen LogP contribution in [-0.2, 0) is 14.3 Å². The second-order valence-corrected chi connectivity index (χ2v) is 4.59. The van der Waals surface area contributed by atoms with E-state index < -0.39 is 6.10 Å². The van der Waals surface area contributed by atoms with Crippen LogP contribution >= 0.6 is 11.6 Å². The van der Waals surface area contributed by atoms with Crippen molar-refractivity contribution in [2.75, 3.05) is 18.5 Å². The number of hydrazine groups is 1. The van der Waals surface area contributed by atoms with Gasteiger partial charge in [0, 0.05) is 10.7 Å². The summed E-state index contributed by atoms with van der Waals surface area (Å²) in [7, 11) is 0. The Bertz CT molecular complexity index is 478. The van der Waals surface area contributed by atoms with Crippen molar-refractivity contribution in [3.63, 3.8) is 0 Å². The number of nitrogens with two attached hydrogens (primary N) is 1. The molecule has 0 radical (unpaired) electrons. The van der Waals surface area contributed by atoms with Gasteiger partial charge in [0.25, 0.3) is 5.91 Å². The highest BCUT2D eigenvalue weighted by Gasteiger charge is 2.29. The SMILES string of the molecule is NN1CCOC(CC(=O)Nc2ccc(Cl)cc2)C1=O. The second-order valence-electron chi connectivity index (χ2n) is 4.15. The van der Waals surface area contributed by atoms with Gasteiger partial charge in [-0.15, -0.1) is 0 Å². The molecule has 6 nitrogen and oxygen atoms in total. The minimum Gasteiger partial charge on any atom is -0.366 e. The number of ether oxygens (including phenoxy) is 1. The van der Waals surface area contributed by atoms with Gasteiger partial charge in [0.2, 0.25) is 5.91 Å². The molecule has 2 amide bonds. The summed E-state index contributed by atoms with van der Waals surface area (Å²) in [5, 5.41) is 4.32. The van der Waals surface area contributed by atoms with Crippen LogP contribution in [0.5, 0.6) is 0 Å². The number of rotatable bonds is 3. The van der Waals surface area contributed by atoms with Crippen molar-refractivity contribution in [1.82, 2.24) is 5.01 Å². The first kappa shape index (κ1) is 13.8. The molecule has 1 atom stereocenters. The number of carbonyl (C=O) groups excluding carboxylic acids is 2. The molecule has 102 valence electrons. The molecule has 1 fully saturated rings. The smallest absolute Gasteiger partial charge is 0.266 e. The van der Waals surface area contributed by atoms with Crippen LogP contribution in [0.2, 0.25) is 5.02 Å². The lowest BCUT2D eigenvalue weighted by molar-refractivity contribution is -0.155. The molecule has 19 heavy (non-hydrogen) atoms. The first-order valence-electron chi connectivity index (χ1n) is 5.79. The summed E-state index contributed by atoms with van der Waals surface area (Å²) in [4.78, 5) is 23.4. The topological polar surface area (TPSA) is 84.7 Å². The molecule has 0 spiro atoms. The number of nitrogens with one attached hydrogen (secondary N) is 1. The van der Waals surface area contributed by atoms with Gasteiger partial charge in [-0.25, -0.2) is 5.84 Å². The number of benzene rings is 1. The summed E-state index contributed by atoms with van der Waals surface area (Å²) in [6, 6.07) is 6.69. The van der Waals surface area contributed by atoms with Crippen LogP contribution in [0.4, 0.5) is 5.69 Å². The molecule has 0 bridgehead atoms. The predicted octanol–water partition coefficient (Wildman–Crippen LogP) is 0.770. The molecule has 3 N–H and O–H groups in total. The number of morpholine rings is 1. The van der Waals surface area contributed by atoms with Gasteiger partial charge in [0.1, 0.15) is 6.10 Å². The first-order valence-corrected chi connectivity index (χ1v) is 6.17. The third kappa shape index (κ3) is 3.66. The molecule has 0 aromatic heterocycles. The Morgan fingerprint density at radius 3 is 2.84 bits per heavy atom. The van der Waals surface area contributed by atoms with Gasteiger partial charge in [0.15, 0.2) is 0 Å². The van der Waals surface area contributed by atoms with E-state index in [0.29, 0.717) is 23.9 Å². The molecule has 0 aliphatic carbocycles. The molecular formula is C12H14ClN3O3. The van der Waals surface area contributed by atoms with E-state index >= 15 is 0 Å². The number of carbonyl (C=O) groups is 2. The van der Waals surface area contributed by atoms with E-state index in [0.717, 1.165) is 5.01 Å². The second kappa shape index (κ2) is 6.01. The summed E-state index contributed by atoms with van der Waals surface area (Å²) >= 11 is 5.74. The summed E-state index contributed by atoms with van der Waals surface area (Å²) in [5.41, 5.74) is 0.613. The zero-order valence-electron chi connectivity index (χ0n) is 10.1. The zero-order valence-corrected chi connectivity index (χ0v) is 10.9. The fourth-order valence-electron chi connectivity index (χ4n) is 1.72. The Morgan fingerprint density at radius 1 is 1.47 bits per heavy atom. The minimum atomic E-state index is -0.814. The minimum absolute atomic E-state index is 0.0604. The highest BCUT2D eigenvalue weighted by atomic mass is 35.5. The van der Waals surface area contributed by atoms with Crippen molar-refractivity contribution in [3.05, 3.63) is 29.3 Å². The van der Waals surface area contributed by atoms with Gasteiger partial charge in [-0.05, 0) is 24.3 Å². The normalized spacial score (nSPS) is 19.4. The molecule has 7 heteroatoms. The number of nitrogens with zero attached hydrogens (tertiary/aromatic N) is 1. The quantitative estimate of drug-likeness (QED) is 0.634. The van der Waals surface area contributed by atoms with Gasteiger partial charge in [0.05, 0.1) is 19.6 Å². The predicted molar refractivity (Wildman–Crippen MR) is 70.3 cm³/mol. The van der Waals surface area contributed by atoms with E-state index in [1.165, 1.54) is 0 Å². The molecular weight excluding hydrogens is 270 g/mol. The van der Waals surface area contributed by atoms with E-state index in [1.54, 1.807) is 24.3 Å². The zero-order chi connectivity index (χ0) is 13.8. The Kier molecular flexibility index (Phi) is 4.36. The van der Waals surface area contributed by atoms with Crippen molar-refractivity contribution in [2.24, 2.45) is 5.84 Å². The van der Waals surface area contributed by atoms with E-state index in [1.807, 2.05) is 0 Å². The Hall–Kier alpha value is -1.63. The van der Waals surface area contributed by atoms with Crippen LogP contribution in [0.15, 0.2) is 24.3 Å². The van der Waals surface area contributed by atoms with Gasteiger partial charge in [-0.1, -0.05) is 11.6 Å². The third-order valence-electron chi connectivity index (χ3n) is 2.71. The highest BCUT2D eigenvalue weighted by molar-refractivity contribution is 6.30. The largest absolute Gasteiger partial charge is 0.366 e. The Labute approximate surface area is 115 Å². The molecule has 1 unspecified atom stereocenters. The molecule has 2 rings (SSSR count). The van der Waals surface area contributed by atoms with Crippen molar-refractivity contribution in [2.45, 2.75) is 12.5 Å². The molecule has 0 saturated carbocycles. The van der Waals surface area contributed by atoms with Gasteiger partial charge >= 0.3 is 0 Å². The maximum Gasteiger partial charge on any atom is 0.266 e. The van der Waals surface area contributed by atoms with Crippen LogP contribution in [0.1, 0.15) is 6.42 Å². The van der Waals surface area contributed by atoms with Gasteiger partial charge in [-0.2, -0.15) is 0 Å². The summed E-state index contributed by atoms with van der Waals surface area (Å²) in [6.45, 7) is 0.676. The van der Waals surface area contributed by atoms with E-state index in [2.05, 4.69) is 5.32 Å². The number of hydrogen-bond acceptors (Lipinski definition) is 4. The molecule has 1 heterocycles. The third-order valence-corrected chi connectivity index (χ3v) is 2.96. The molecule has 1 saturated heterocycles. The number of hydrogen-bond donors (Lipinski definition) is 2. The van der Waals surface area contributed by atoms with Crippen LogP contribution < -0.4 is 11.2 Å². The van der Waals surface area contributed by atoms with Crippen LogP contribution in [0.25, 0.3) is 0 Å². The Morgan fingerprint density at radius 2 is 2.16 bits per heavy atom. The number of halogens is 1. The molecule has 1 aromatic carbocycles. The molecule has 1 aliphatic heterocycles. The monoisotopic (exact) mass is 283 g/mol. The van der Waals surface area contributed by atoms with Crippen molar-refractivity contribution >= 4 is 29.1 Å². The maximum absolute atomic E-state index is 11.8. The fourth-order valence-corrected chi connectivity index (χ4v) is 1.85. The Balaban J connectivity index is 1.90. The summed E-state index contributed by atoms with van der Waals surface area (Å²) in [5.74, 6) is 4.78. The molecule has 1 aromatic rings. The lowest BCUT2D eigenvalue weighted by Crippen LogP contribution is -2.52. The number of amides is 2. The van der Waals surface area contributed by atoms with Gasteiger partial charge < -0.3 is 10.1 Å². The average Bonchev–Trinajstić information content (AvgIpc) is 2.38. The van der Waals surface area contributed by atoms with Crippen molar-refractivity contribution in [1.29, 1.82) is 0 Å². The van der Waals surface area contributed by atoms with E-state index in [4.69, 9.17) is 22.2 Å². The van der Waals surface area contributed by atoms with Crippen molar-refractivity contribution in [3.8, 4) is 0 Å². The van der Waals surface area contributed by atoms with Crippen molar-refractivity contribution < 1.29 is 14.3 Å². The van der Waals surface area contributed by atoms with E-state index in [9.17, 15) is 9.59 Å². The average molecular weight is 284 g/mol. The van der Waals surface area contributed by atoms with Crippen LogP contribution in [0.3, 0.4) is 0 Å². The molecule has 1 aliphatic rings. The highest BCUT2D eigenvalue weighted by Crippen LogP contribution is 2.14. The van der Waals surface area contributed by atoms with Crippen LogP contribution in [0, 0.1) is 0 Å². The standard InChI is InChI=1S/C12H14ClN3O3/c13-8-1-3-9(4-2-8)15-11(17)7-10-12(18)16(14)5-6-19-10/h1-4,10H,5-7,14H2,(H,15,17). The summed E-state index contributed by atoms with van der Waals surface area (Å²) in [6.07, 6.45) is -0.874. The number of anilines is 1. The van der Waals surface area contributed by atoms with Gasteiger partial charge in [-0.3, -0.25) is 14.6 Å². The van der Waals surface area contributed by atoms with E-state index in [-0.39, 0.29) is 18.2 Å². The summed E-state index contributed by atoms with van der Waals surface area (Å²) < 4.78 is 5.23. The maximum atomic E-state index is 11.8. The van der Waals surface area contributed by atoms with Crippen LogP contribution in [-0.4, -0.2) is 36.1 Å². The fraction of sp³-hybridized carbons (Fsp3) is 0.333.